The van der Waals surface area contributed by atoms with E-state index < -0.39 is 10.0 Å². The largest absolute Gasteiger partial charge is 0.487 e. The van der Waals surface area contributed by atoms with Crippen molar-refractivity contribution in [3.63, 3.8) is 0 Å². The van der Waals surface area contributed by atoms with Crippen molar-refractivity contribution in [1.29, 1.82) is 0 Å². The lowest BCUT2D eigenvalue weighted by Gasteiger charge is -2.30. The monoisotopic (exact) mass is 489 g/mol. The molecular weight excluding hydrogens is 466 g/mol. The SMILES string of the molecule is CS(=O)(=O)N1CCC(Nc2ccc(-n3ccc(OCc4ccc(Cl)cn4)cc3=O)cn2)CC1. The van der Waals surface area contributed by atoms with Crippen LogP contribution in [-0.2, 0) is 16.6 Å². The number of ether oxygens (including phenoxy) is 1. The fourth-order valence-corrected chi connectivity index (χ4v) is 4.55. The predicted molar refractivity (Wildman–Crippen MR) is 126 cm³/mol. The highest BCUT2D eigenvalue weighted by molar-refractivity contribution is 7.88. The molecule has 0 unspecified atom stereocenters. The second-order valence-electron chi connectivity index (χ2n) is 7.81. The van der Waals surface area contributed by atoms with Crippen molar-refractivity contribution >= 4 is 27.4 Å². The number of nitrogens with zero attached hydrogens (tertiary/aromatic N) is 4. The number of nitrogens with one attached hydrogen (secondary N) is 1. The summed E-state index contributed by atoms with van der Waals surface area (Å²) in [5.74, 6) is 1.12. The summed E-state index contributed by atoms with van der Waals surface area (Å²) >= 11 is 5.83. The molecule has 0 amide bonds. The number of aromatic nitrogens is 3. The first kappa shape index (κ1) is 23.2. The molecule has 4 heterocycles. The Hall–Kier alpha value is -2.95. The lowest BCUT2D eigenvalue weighted by molar-refractivity contribution is 0.300. The maximum Gasteiger partial charge on any atom is 0.258 e. The van der Waals surface area contributed by atoms with E-state index in [9.17, 15) is 13.2 Å². The van der Waals surface area contributed by atoms with Crippen LogP contribution in [0.15, 0.2) is 59.8 Å². The first-order valence-corrected chi connectivity index (χ1v) is 12.6. The second kappa shape index (κ2) is 9.90. The highest BCUT2D eigenvalue weighted by Crippen LogP contribution is 2.18. The summed E-state index contributed by atoms with van der Waals surface area (Å²) in [5, 5.41) is 3.89. The van der Waals surface area contributed by atoms with Crippen molar-refractivity contribution in [1.82, 2.24) is 18.8 Å². The van der Waals surface area contributed by atoms with Gasteiger partial charge in [-0.15, -0.1) is 0 Å². The Labute approximate surface area is 197 Å². The summed E-state index contributed by atoms with van der Waals surface area (Å²) in [7, 11) is -3.14. The molecule has 0 atom stereocenters. The Morgan fingerprint density at radius 1 is 1.12 bits per heavy atom. The number of hydrogen-bond donors (Lipinski definition) is 1. The number of anilines is 1. The zero-order valence-electron chi connectivity index (χ0n) is 18.0. The summed E-state index contributed by atoms with van der Waals surface area (Å²) in [6.07, 6.45) is 7.46. The molecule has 0 radical (unpaired) electrons. The van der Waals surface area contributed by atoms with E-state index in [4.69, 9.17) is 16.3 Å². The van der Waals surface area contributed by atoms with E-state index in [-0.39, 0.29) is 18.2 Å². The Bertz CT molecular complexity index is 1260. The average molecular weight is 490 g/mol. The molecule has 11 heteroatoms. The van der Waals surface area contributed by atoms with Crippen LogP contribution in [0.1, 0.15) is 18.5 Å². The van der Waals surface area contributed by atoms with E-state index >= 15 is 0 Å². The van der Waals surface area contributed by atoms with E-state index in [2.05, 4.69) is 15.3 Å². The van der Waals surface area contributed by atoms with Gasteiger partial charge in [-0.2, -0.15) is 0 Å². The van der Waals surface area contributed by atoms with E-state index in [1.54, 1.807) is 48.9 Å². The van der Waals surface area contributed by atoms with E-state index in [1.807, 2.05) is 0 Å². The molecule has 0 saturated carbocycles. The third-order valence-corrected chi connectivity index (χ3v) is 6.89. The Morgan fingerprint density at radius 3 is 2.52 bits per heavy atom. The molecule has 1 aliphatic rings. The van der Waals surface area contributed by atoms with Crippen molar-refractivity contribution in [2.45, 2.75) is 25.5 Å². The number of sulfonamides is 1. The number of piperidine rings is 1. The molecule has 0 bridgehead atoms. The van der Waals surface area contributed by atoms with Crippen LogP contribution in [0.5, 0.6) is 5.75 Å². The predicted octanol–water partition coefficient (Wildman–Crippen LogP) is 2.70. The van der Waals surface area contributed by atoms with Crippen LogP contribution >= 0.6 is 11.6 Å². The van der Waals surface area contributed by atoms with Gasteiger partial charge in [-0.3, -0.25) is 14.3 Å². The van der Waals surface area contributed by atoms with Crippen LogP contribution in [0.3, 0.4) is 0 Å². The van der Waals surface area contributed by atoms with Crippen LogP contribution < -0.4 is 15.6 Å². The standard InChI is InChI=1S/C22H24ClN5O4S/c1-33(30,31)27-9-6-17(7-10-27)26-21-5-4-19(14-25-21)28-11-8-20(12-22(28)29)32-15-18-3-2-16(23)13-24-18/h2-5,8,11-14,17H,6-7,9-10,15H2,1H3,(H,25,26). The zero-order valence-corrected chi connectivity index (χ0v) is 19.6. The highest BCUT2D eigenvalue weighted by atomic mass is 35.5. The molecule has 0 aliphatic carbocycles. The van der Waals surface area contributed by atoms with E-state index in [0.717, 1.165) is 0 Å². The van der Waals surface area contributed by atoms with Gasteiger partial charge in [0.2, 0.25) is 10.0 Å². The van der Waals surface area contributed by atoms with E-state index in [1.165, 1.54) is 21.2 Å². The lowest BCUT2D eigenvalue weighted by atomic mass is 10.1. The maximum absolute atomic E-state index is 12.6. The molecule has 1 saturated heterocycles. The summed E-state index contributed by atoms with van der Waals surface area (Å²) in [6, 6.07) is 10.4. The minimum Gasteiger partial charge on any atom is -0.487 e. The zero-order chi connectivity index (χ0) is 23.4. The minimum atomic E-state index is -3.14. The summed E-state index contributed by atoms with van der Waals surface area (Å²) in [5.41, 5.74) is 1.09. The quantitative estimate of drug-likeness (QED) is 0.543. The van der Waals surface area contributed by atoms with Gasteiger partial charge in [0.1, 0.15) is 18.2 Å². The number of rotatable bonds is 7. The van der Waals surface area contributed by atoms with E-state index in [0.29, 0.717) is 53.9 Å². The molecular formula is C22H24ClN5O4S. The lowest BCUT2D eigenvalue weighted by Crippen LogP contribution is -2.41. The van der Waals surface area contributed by atoms with Gasteiger partial charge >= 0.3 is 0 Å². The molecule has 4 rings (SSSR count). The van der Waals surface area contributed by atoms with Crippen molar-refractivity contribution in [3.05, 3.63) is 76.1 Å². The first-order valence-electron chi connectivity index (χ1n) is 10.4. The van der Waals surface area contributed by atoms with Gasteiger partial charge in [-0.1, -0.05) is 11.6 Å². The van der Waals surface area contributed by atoms with Crippen molar-refractivity contribution < 1.29 is 13.2 Å². The van der Waals surface area contributed by atoms with Crippen molar-refractivity contribution in [2.24, 2.45) is 0 Å². The molecule has 0 spiro atoms. The Kier molecular flexibility index (Phi) is 6.96. The van der Waals surface area contributed by atoms with Gasteiger partial charge in [0.15, 0.2) is 0 Å². The van der Waals surface area contributed by atoms with Gasteiger partial charge in [0, 0.05) is 37.6 Å². The van der Waals surface area contributed by atoms with Crippen LogP contribution in [0.25, 0.3) is 5.69 Å². The third-order valence-electron chi connectivity index (χ3n) is 5.37. The molecule has 3 aromatic heterocycles. The van der Waals surface area contributed by atoms with Gasteiger partial charge < -0.3 is 10.1 Å². The average Bonchev–Trinajstić information content (AvgIpc) is 2.79. The summed E-state index contributed by atoms with van der Waals surface area (Å²) < 4.78 is 31.9. The number of hydrogen-bond acceptors (Lipinski definition) is 7. The molecule has 9 nitrogen and oxygen atoms in total. The smallest absolute Gasteiger partial charge is 0.258 e. The molecule has 1 N–H and O–H groups in total. The fraction of sp³-hybridized carbons (Fsp3) is 0.318. The maximum atomic E-state index is 12.6. The highest BCUT2D eigenvalue weighted by Gasteiger charge is 2.24. The number of pyridine rings is 3. The summed E-state index contributed by atoms with van der Waals surface area (Å²) in [6.45, 7) is 1.21. The van der Waals surface area contributed by atoms with Crippen LogP contribution in [0, 0.1) is 0 Å². The van der Waals surface area contributed by atoms with Crippen LogP contribution in [0.4, 0.5) is 5.82 Å². The second-order valence-corrected chi connectivity index (χ2v) is 10.2. The fourth-order valence-electron chi connectivity index (χ4n) is 3.57. The van der Waals surface area contributed by atoms with Crippen LogP contribution in [0.2, 0.25) is 5.02 Å². The van der Waals surface area contributed by atoms with Crippen molar-refractivity contribution in [2.75, 3.05) is 24.7 Å². The number of halogens is 1. The Morgan fingerprint density at radius 2 is 1.91 bits per heavy atom. The van der Waals surface area contributed by atoms with Gasteiger partial charge in [0.05, 0.1) is 28.9 Å². The molecule has 3 aromatic rings. The topological polar surface area (TPSA) is 106 Å². The van der Waals surface area contributed by atoms with Crippen molar-refractivity contribution in [3.8, 4) is 11.4 Å². The minimum absolute atomic E-state index is 0.149. The third kappa shape index (κ3) is 6.10. The molecule has 1 aliphatic heterocycles. The molecule has 1 fully saturated rings. The summed E-state index contributed by atoms with van der Waals surface area (Å²) in [4.78, 5) is 21.1. The first-order chi connectivity index (χ1) is 15.8. The molecule has 0 aromatic carbocycles. The van der Waals surface area contributed by atoms with Gasteiger partial charge in [0.25, 0.3) is 5.56 Å². The van der Waals surface area contributed by atoms with Crippen LogP contribution in [-0.4, -0.2) is 52.6 Å². The normalized spacial score (nSPS) is 15.3. The Balaban J connectivity index is 1.35. The molecule has 174 valence electrons. The molecule has 33 heavy (non-hydrogen) atoms. The van der Waals surface area contributed by atoms with Gasteiger partial charge in [-0.25, -0.2) is 17.7 Å². The van der Waals surface area contributed by atoms with Gasteiger partial charge in [-0.05, 0) is 43.2 Å².